The Balaban J connectivity index is 4.53. The molecule has 0 aliphatic carbocycles. The van der Waals surface area contributed by atoms with E-state index in [9.17, 15) is 19.8 Å². The van der Waals surface area contributed by atoms with Gasteiger partial charge in [-0.05, 0) is 70.6 Å². The van der Waals surface area contributed by atoms with Gasteiger partial charge in [0.25, 0.3) is 0 Å². The lowest BCUT2D eigenvalue weighted by molar-refractivity contribution is -0.151. The normalized spacial score (nSPS) is 13.6. The molecule has 1 amide bonds. The molecular formula is C51H95NO5. The number of unbranched alkanes of at least 4 members (excludes halogenated alkanes) is 27. The second kappa shape index (κ2) is 45.2. The fraction of sp³-hybridized carbons (Fsp3) is 0.843. The minimum Gasteiger partial charge on any atom is -0.462 e. The Hall–Kier alpha value is -1.92. The predicted molar refractivity (Wildman–Crippen MR) is 246 cm³/mol. The van der Waals surface area contributed by atoms with Crippen molar-refractivity contribution in [2.45, 2.75) is 270 Å². The standard InChI is InChI=1S/C51H95NO5/c1-4-7-10-13-16-19-21-23-24-25-27-29-32-35-38-41-44-51(56)57-47(42-39-36-33-30-18-15-12-9-6-3)45-50(55)52-48(46-53)49(54)43-40-37-34-31-28-26-22-20-17-14-11-8-5-2/h15,18,24-25,27,29,47-49,53-54H,4-14,16-17,19-23,26,28,30-46H2,1-3H3,(H,52,55)/b18-15-,25-24+,29-27+. The maximum Gasteiger partial charge on any atom is 0.306 e. The summed E-state index contributed by atoms with van der Waals surface area (Å²) in [5.41, 5.74) is 0. The topological polar surface area (TPSA) is 95.9 Å². The van der Waals surface area contributed by atoms with E-state index in [1.165, 1.54) is 122 Å². The van der Waals surface area contributed by atoms with E-state index in [0.29, 0.717) is 19.3 Å². The van der Waals surface area contributed by atoms with Crippen molar-refractivity contribution in [3.63, 3.8) is 0 Å². The lowest BCUT2D eigenvalue weighted by Gasteiger charge is -2.24. The molecule has 0 saturated heterocycles. The second-order valence-corrected chi connectivity index (χ2v) is 16.9. The highest BCUT2D eigenvalue weighted by Gasteiger charge is 2.24. The summed E-state index contributed by atoms with van der Waals surface area (Å²) in [7, 11) is 0. The number of allylic oxidation sites excluding steroid dienone is 6. The minimum atomic E-state index is -0.793. The molecule has 57 heavy (non-hydrogen) atoms. The number of carbonyl (C=O) groups excluding carboxylic acids is 2. The zero-order chi connectivity index (χ0) is 41.7. The van der Waals surface area contributed by atoms with Crippen molar-refractivity contribution in [2.24, 2.45) is 0 Å². The molecule has 0 bridgehead atoms. The van der Waals surface area contributed by atoms with E-state index in [4.69, 9.17) is 4.74 Å². The van der Waals surface area contributed by atoms with Crippen molar-refractivity contribution in [1.29, 1.82) is 0 Å². The number of ether oxygens (including phenoxy) is 1. The van der Waals surface area contributed by atoms with Crippen LogP contribution >= 0.6 is 0 Å². The van der Waals surface area contributed by atoms with Gasteiger partial charge < -0.3 is 20.3 Å². The van der Waals surface area contributed by atoms with E-state index in [2.05, 4.69) is 62.5 Å². The molecule has 0 radical (unpaired) electrons. The largest absolute Gasteiger partial charge is 0.462 e. The monoisotopic (exact) mass is 802 g/mol. The first kappa shape index (κ1) is 55.1. The van der Waals surface area contributed by atoms with Gasteiger partial charge in [-0.15, -0.1) is 0 Å². The number of aliphatic hydroxyl groups is 2. The molecule has 0 aliphatic heterocycles. The van der Waals surface area contributed by atoms with E-state index in [1.54, 1.807) is 0 Å². The van der Waals surface area contributed by atoms with Crippen LogP contribution in [0.25, 0.3) is 0 Å². The third kappa shape index (κ3) is 40.6. The molecule has 6 heteroatoms. The van der Waals surface area contributed by atoms with Crippen LogP contribution in [0.5, 0.6) is 0 Å². The van der Waals surface area contributed by atoms with Gasteiger partial charge in [-0.2, -0.15) is 0 Å². The smallest absolute Gasteiger partial charge is 0.306 e. The predicted octanol–water partition coefficient (Wildman–Crippen LogP) is 14.5. The van der Waals surface area contributed by atoms with E-state index >= 15 is 0 Å². The van der Waals surface area contributed by atoms with E-state index in [-0.39, 0.29) is 24.9 Å². The van der Waals surface area contributed by atoms with Crippen LogP contribution < -0.4 is 5.32 Å². The summed E-state index contributed by atoms with van der Waals surface area (Å²) in [4.78, 5) is 26.0. The molecular weight excluding hydrogens is 707 g/mol. The van der Waals surface area contributed by atoms with Crippen molar-refractivity contribution in [1.82, 2.24) is 5.32 Å². The zero-order valence-corrected chi connectivity index (χ0v) is 38.0. The number of hydrogen-bond acceptors (Lipinski definition) is 5. The maximum absolute atomic E-state index is 13.1. The van der Waals surface area contributed by atoms with Crippen LogP contribution in [-0.2, 0) is 14.3 Å². The van der Waals surface area contributed by atoms with Gasteiger partial charge in [0.1, 0.15) is 6.10 Å². The molecule has 0 saturated carbocycles. The lowest BCUT2D eigenvalue weighted by atomic mass is 10.0. The first-order valence-electron chi connectivity index (χ1n) is 24.7. The Bertz CT molecular complexity index is 946. The average Bonchev–Trinajstić information content (AvgIpc) is 3.20. The van der Waals surface area contributed by atoms with Gasteiger partial charge in [0, 0.05) is 6.42 Å². The van der Waals surface area contributed by atoms with Gasteiger partial charge in [-0.25, -0.2) is 0 Å². The lowest BCUT2D eigenvalue weighted by Crippen LogP contribution is -2.46. The summed E-state index contributed by atoms with van der Waals surface area (Å²) in [6.45, 7) is 6.42. The molecule has 3 N–H and O–H groups in total. The Morgan fingerprint density at radius 2 is 0.912 bits per heavy atom. The molecule has 6 nitrogen and oxygen atoms in total. The molecule has 0 aliphatic rings. The summed E-state index contributed by atoms with van der Waals surface area (Å²) >= 11 is 0. The van der Waals surface area contributed by atoms with Crippen LogP contribution in [0, 0.1) is 0 Å². The molecule has 0 rings (SSSR count). The highest BCUT2D eigenvalue weighted by atomic mass is 16.5. The fourth-order valence-corrected chi connectivity index (χ4v) is 7.40. The molecule has 0 aromatic rings. The van der Waals surface area contributed by atoms with Crippen molar-refractivity contribution >= 4 is 11.9 Å². The third-order valence-electron chi connectivity index (χ3n) is 11.2. The van der Waals surface area contributed by atoms with Crippen molar-refractivity contribution in [2.75, 3.05) is 6.61 Å². The highest BCUT2D eigenvalue weighted by molar-refractivity contribution is 5.77. The van der Waals surface area contributed by atoms with Gasteiger partial charge in [0.2, 0.25) is 5.91 Å². The van der Waals surface area contributed by atoms with E-state index in [0.717, 1.165) is 83.5 Å². The molecule has 3 unspecified atom stereocenters. The van der Waals surface area contributed by atoms with Gasteiger partial charge in [0.05, 0.1) is 25.2 Å². The fourth-order valence-electron chi connectivity index (χ4n) is 7.40. The summed E-state index contributed by atoms with van der Waals surface area (Å²) < 4.78 is 5.88. The quantitative estimate of drug-likeness (QED) is 0.0247. The molecule has 3 atom stereocenters. The van der Waals surface area contributed by atoms with Crippen molar-refractivity contribution < 1.29 is 24.5 Å². The molecule has 0 fully saturated rings. The van der Waals surface area contributed by atoms with Gasteiger partial charge >= 0.3 is 5.97 Å². The second-order valence-electron chi connectivity index (χ2n) is 16.9. The first-order chi connectivity index (χ1) is 28.0. The van der Waals surface area contributed by atoms with Crippen LogP contribution in [0.2, 0.25) is 0 Å². The maximum atomic E-state index is 13.1. The highest BCUT2D eigenvalue weighted by Crippen LogP contribution is 2.17. The Kier molecular flexibility index (Phi) is 43.6. The number of nitrogens with one attached hydrogen (secondary N) is 1. The van der Waals surface area contributed by atoms with Crippen molar-refractivity contribution in [3.8, 4) is 0 Å². The SMILES string of the molecule is CCCC/C=C\CCCCCC(CC(=O)NC(CO)C(O)CCCCCCCCCCCCCCC)OC(=O)CCCCC/C=C/C=C/CCCCCCCCC. The summed E-state index contributed by atoms with van der Waals surface area (Å²) in [6.07, 6.45) is 52.1. The van der Waals surface area contributed by atoms with Crippen LogP contribution in [0.1, 0.15) is 252 Å². The number of rotatable bonds is 44. The molecule has 0 spiro atoms. The number of aliphatic hydroxyl groups excluding tert-OH is 2. The van der Waals surface area contributed by atoms with Crippen molar-refractivity contribution in [3.05, 3.63) is 36.5 Å². The zero-order valence-electron chi connectivity index (χ0n) is 38.0. The van der Waals surface area contributed by atoms with Crippen LogP contribution in [0.15, 0.2) is 36.5 Å². The number of hydrogen-bond donors (Lipinski definition) is 3. The summed E-state index contributed by atoms with van der Waals surface area (Å²) in [6, 6.07) is -0.708. The molecule has 334 valence electrons. The third-order valence-corrected chi connectivity index (χ3v) is 11.2. The summed E-state index contributed by atoms with van der Waals surface area (Å²) in [5, 5.41) is 23.7. The van der Waals surface area contributed by atoms with Crippen LogP contribution in [-0.4, -0.2) is 46.9 Å². The molecule has 0 aromatic heterocycles. The number of carbonyl (C=O) groups is 2. The number of amides is 1. The minimum absolute atomic E-state index is 0.0574. The molecule has 0 heterocycles. The summed E-state index contributed by atoms with van der Waals surface area (Å²) in [5.74, 6) is -0.519. The van der Waals surface area contributed by atoms with Gasteiger partial charge in [-0.3, -0.25) is 9.59 Å². The Labute approximate surface area is 353 Å². The molecule has 0 aromatic carbocycles. The average molecular weight is 802 g/mol. The van der Waals surface area contributed by atoms with Crippen LogP contribution in [0.3, 0.4) is 0 Å². The first-order valence-corrected chi connectivity index (χ1v) is 24.7. The van der Waals surface area contributed by atoms with E-state index < -0.39 is 18.2 Å². The number of esters is 1. The Morgan fingerprint density at radius 1 is 0.509 bits per heavy atom. The van der Waals surface area contributed by atoms with Gasteiger partial charge in [-0.1, -0.05) is 205 Å². The Morgan fingerprint density at radius 3 is 1.42 bits per heavy atom. The van der Waals surface area contributed by atoms with Gasteiger partial charge in [0.15, 0.2) is 0 Å². The van der Waals surface area contributed by atoms with Crippen LogP contribution in [0.4, 0.5) is 0 Å². The van der Waals surface area contributed by atoms with E-state index in [1.807, 2.05) is 0 Å².